The highest BCUT2D eigenvalue weighted by Crippen LogP contribution is 2.27. The Bertz CT molecular complexity index is 644. The van der Waals surface area contributed by atoms with Gasteiger partial charge in [0.15, 0.2) is 0 Å². The number of hydrogen-bond donors (Lipinski definition) is 3. The summed E-state index contributed by atoms with van der Waals surface area (Å²) in [5, 5.41) is 18.6. The third-order valence-electron chi connectivity index (χ3n) is 3.44. The molecule has 3 N–H and O–H groups in total. The minimum Gasteiger partial charge on any atom is -0.506 e. The molecular formula is C13H18N2O5S. The molecule has 1 aromatic carbocycles. The van der Waals surface area contributed by atoms with Crippen molar-refractivity contribution in [2.24, 2.45) is 5.92 Å². The Morgan fingerprint density at radius 3 is 2.76 bits per heavy atom. The average molecular weight is 314 g/mol. The number of nitrogens with one attached hydrogen (secondary N) is 1. The van der Waals surface area contributed by atoms with Crippen LogP contribution in [0.25, 0.3) is 0 Å². The summed E-state index contributed by atoms with van der Waals surface area (Å²) in [7, 11) is -3.80. The summed E-state index contributed by atoms with van der Waals surface area (Å²) >= 11 is 0. The first kappa shape index (κ1) is 15.6. The first-order chi connectivity index (χ1) is 9.79. The van der Waals surface area contributed by atoms with Gasteiger partial charge in [-0.2, -0.15) is 12.7 Å². The molecule has 1 aliphatic heterocycles. The van der Waals surface area contributed by atoms with Crippen molar-refractivity contribution in [2.75, 3.05) is 17.8 Å². The van der Waals surface area contributed by atoms with Crippen LogP contribution in [-0.4, -0.2) is 42.0 Å². The van der Waals surface area contributed by atoms with Crippen LogP contribution in [0.5, 0.6) is 5.75 Å². The standard InChI is InChI=1S/C13H18N2O5S/c1-9-3-2-6-15(8-9)21(19,20)14-11-7-10(13(17)18)4-5-12(11)16/h4-5,7,9,14,16H,2-3,6,8H2,1H3,(H,17,18). The minimum atomic E-state index is -3.80. The molecule has 1 aromatic rings. The van der Waals surface area contributed by atoms with Crippen LogP contribution in [0.2, 0.25) is 0 Å². The number of aromatic carboxylic acids is 1. The average Bonchev–Trinajstić information content (AvgIpc) is 2.41. The van der Waals surface area contributed by atoms with E-state index in [1.54, 1.807) is 0 Å². The number of carboxylic acids is 1. The summed E-state index contributed by atoms with van der Waals surface area (Å²) in [5.41, 5.74) is -0.231. The molecule has 0 bridgehead atoms. The Balaban J connectivity index is 2.23. The van der Waals surface area contributed by atoms with E-state index in [4.69, 9.17) is 5.11 Å². The largest absolute Gasteiger partial charge is 0.506 e. The zero-order chi connectivity index (χ0) is 15.6. The number of carboxylic acid groups (broad SMARTS) is 1. The molecule has 1 unspecified atom stereocenters. The van der Waals surface area contributed by atoms with Gasteiger partial charge in [0.25, 0.3) is 0 Å². The lowest BCUT2D eigenvalue weighted by molar-refractivity contribution is 0.0697. The van der Waals surface area contributed by atoms with Crippen LogP contribution in [0.15, 0.2) is 18.2 Å². The molecule has 2 rings (SSSR count). The van der Waals surface area contributed by atoms with Gasteiger partial charge in [-0.1, -0.05) is 6.92 Å². The molecule has 21 heavy (non-hydrogen) atoms. The fourth-order valence-corrected chi connectivity index (χ4v) is 3.71. The Labute approximate surface area is 123 Å². The van der Waals surface area contributed by atoms with Gasteiger partial charge in [-0.05, 0) is 37.0 Å². The van der Waals surface area contributed by atoms with E-state index in [2.05, 4.69) is 4.72 Å². The molecule has 1 aliphatic rings. The highest BCUT2D eigenvalue weighted by atomic mass is 32.2. The van der Waals surface area contributed by atoms with Crippen LogP contribution in [0.1, 0.15) is 30.1 Å². The second kappa shape index (κ2) is 5.90. The molecule has 1 heterocycles. The van der Waals surface area contributed by atoms with E-state index >= 15 is 0 Å². The van der Waals surface area contributed by atoms with E-state index in [9.17, 15) is 18.3 Å². The lowest BCUT2D eigenvalue weighted by Crippen LogP contribution is -2.42. The van der Waals surface area contributed by atoms with Crippen LogP contribution in [0, 0.1) is 5.92 Å². The van der Waals surface area contributed by atoms with Crippen molar-refractivity contribution in [3.63, 3.8) is 0 Å². The SMILES string of the molecule is CC1CCCN(S(=O)(=O)Nc2cc(C(=O)O)ccc2O)C1. The summed E-state index contributed by atoms with van der Waals surface area (Å²) < 4.78 is 28.2. The third-order valence-corrected chi connectivity index (χ3v) is 4.93. The minimum absolute atomic E-state index is 0.0995. The molecule has 8 heteroatoms. The van der Waals surface area contributed by atoms with Crippen LogP contribution < -0.4 is 4.72 Å². The number of piperidine rings is 1. The third kappa shape index (κ3) is 3.64. The van der Waals surface area contributed by atoms with Crippen molar-refractivity contribution in [1.82, 2.24) is 4.31 Å². The maximum Gasteiger partial charge on any atom is 0.335 e. The van der Waals surface area contributed by atoms with Gasteiger partial charge in [0, 0.05) is 13.1 Å². The highest BCUT2D eigenvalue weighted by molar-refractivity contribution is 7.90. The maximum atomic E-state index is 12.3. The van der Waals surface area contributed by atoms with Crippen molar-refractivity contribution < 1.29 is 23.4 Å². The normalized spacial score (nSPS) is 20.1. The van der Waals surface area contributed by atoms with Crippen LogP contribution >= 0.6 is 0 Å². The van der Waals surface area contributed by atoms with E-state index in [0.29, 0.717) is 13.1 Å². The molecular weight excluding hydrogens is 296 g/mol. The van der Waals surface area contributed by atoms with Gasteiger partial charge in [-0.15, -0.1) is 0 Å². The number of hydrogen-bond acceptors (Lipinski definition) is 4. The number of rotatable bonds is 4. The smallest absolute Gasteiger partial charge is 0.335 e. The van der Waals surface area contributed by atoms with E-state index in [1.807, 2.05) is 6.92 Å². The van der Waals surface area contributed by atoms with E-state index in [-0.39, 0.29) is 22.9 Å². The molecule has 0 aliphatic carbocycles. The van der Waals surface area contributed by atoms with Gasteiger partial charge in [-0.25, -0.2) is 4.79 Å². The zero-order valence-corrected chi connectivity index (χ0v) is 12.4. The van der Waals surface area contributed by atoms with Crippen molar-refractivity contribution in [3.05, 3.63) is 23.8 Å². The second-order valence-corrected chi connectivity index (χ2v) is 6.92. The molecule has 116 valence electrons. The molecule has 0 aromatic heterocycles. The topological polar surface area (TPSA) is 107 Å². The molecule has 1 fully saturated rings. The molecule has 0 radical (unpaired) electrons. The van der Waals surface area contributed by atoms with Gasteiger partial charge < -0.3 is 10.2 Å². The lowest BCUT2D eigenvalue weighted by atomic mass is 10.0. The summed E-state index contributed by atoms with van der Waals surface area (Å²) in [4.78, 5) is 10.9. The van der Waals surface area contributed by atoms with Crippen LogP contribution in [-0.2, 0) is 10.2 Å². The van der Waals surface area contributed by atoms with Crippen molar-refractivity contribution in [1.29, 1.82) is 0 Å². The quantitative estimate of drug-likeness (QED) is 0.730. The van der Waals surface area contributed by atoms with Crippen molar-refractivity contribution in [3.8, 4) is 5.75 Å². The van der Waals surface area contributed by atoms with Gasteiger partial charge >= 0.3 is 16.2 Å². The second-order valence-electron chi connectivity index (χ2n) is 5.25. The first-order valence-electron chi connectivity index (χ1n) is 6.64. The van der Waals surface area contributed by atoms with Gasteiger partial charge in [0.05, 0.1) is 11.3 Å². The maximum absolute atomic E-state index is 12.3. The summed E-state index contributed by atoms with van der Waals surface area (Å²) in [6.07, 6.45) is 1.76. The fourth-order valence-electron chi connectivity index (χ4n) is 2.32. The van der Waals surface area contributed by atoms with Crippen LogP contribution in [0.4, 0.5) is 5.69 Å². The predicted octanol–water partition coefficient (Wildman–Crippen LogP) is 1.48. The predicted molar refractivity (Wildman–Crippen MR) is 77.6 cm³/mol. The summed E-state index contributed by atoms with van der Waals surface area (Å²) in [6, 6.07) is 3.46. The van der Waals surface area contributed by atoms with Gasteiger partial charge in [-0.3, -0.25) is 4.72 Å². The number of anilines is 1. The number of nitrogens with zero attached hydrogens (tertiary/aromatic N) is 1. The molecule has 0 saturated carbocycles. The Kier molecular flexibility index (Phi) is 4.38. The van der Waals surface area contributed by atoms with E-state index < -0.39 is 16.2 Å². The fraction of sp³-hybridized carbons (Fsp3) is 0.462. The Morgan fingerprint density at radius 1 is 1.43 bits per heavy atom. The Morgan fingerprint density at radius 2 is 2.14 bits per heavy atom. The zero-order valence-electron chi connectivity index (χ0n) is 11.6. The molecule has 7 nitrogen and oxygen atoms in total. The number of carbonyl (C=O) groups is 1. The molecule has 1 saturated heterocycles. The van der Waals surface area contributed by atoms with E-state index in [1.165, 1.54) is 10.4 Å². The summed E-state index contributed by atoms with van der Waals surface area (Å²) in [5.74, 6) is -1.23. The number of phenols is 1. The molecule has 0 spiro atoms. The Hall–Kier alpha value is -1.80. The monoisotopic (exact) mass is 314 g/mol. The highest BCUT2D eigenvalue weighted by Gasteiger charge is 2.27. The lowest BCUT2D eigenvalue weighted by Gasteiger charge is -2.30. The number of aromatic hydroxyl groups is 1. The van der Waals surface area contributed by atoms with Crippen LogP contribution in [0.3, 0.4) is 0 Å². The molecule has 1 atom stereocenters. The van der Waals surface area contributed by atoms with Crippen molar-refractivity contribution in [2.45, 2.75) is 19.8 Å². The van der Waals surface area contributed by atoms with Gasteiger partial charge in [0.2, 0.25) is 0 Å². The number of phenolic OH excluding ortho intramolecular Hbond substituents is 1. The number of benzene rings is 1. The van der Waals surface area contributed by atoms with Gasteiger partial charge in [0.1, 0.15) is 5.75 Å². The summed E-state index contributed by atoms with van der Waals surface area (Å²) in [6.45, 7) is 2.80. The molecule has 0 amide bonds. The first-order valence-corrected chi connectivity index (χ1v) is 8.08. The van der Waals surface area contributed by atoms with Crippen molar-refractivity contribution >= 4 is 21.9 Å². The van der Waals surface area contributed by atoms with E-state index in [0.717, 1.165) is 25.0 Å².